The molecule has 3 aromatic carbocycles. The van der Waals surface area contributed by atoms with Crippen molar-refractivity contribution in [2.24, 2.45) is 0 Å². The van der Waals surface area contributed by atoms with Gasteiger partial charge in [0.25, 0.3) is 0 Å². The van der Waals surface area contributed by atoms with E-state index < -0.39 is 0 Å². The molecular formula is C29H25N5O. The number of para-hydroxylation sites is 3. The number of rotatable bonds is 7. The second-order valence-electron chi connectivity index (χ2n) is 8.31. The van der Waals surface area contributed by atoms with E-state index in [1.807, 2.05) is 90.6 Å². The van der Waals surface area contributed by atoms with Gasteiger partial charge in [-0.1, -0.05) is 37.3 Å². The summed E-state index contributed by atoms with van der Waals surface area (Å²) in [7, 11) is 0. The standard InChI is InChI=1S/C29H25N5O/c1-3-15-35-27-14-13-21(16-20(27)2)28-23(19-34(33-28)24-9-5-4-6-10-24)17-22(18-30)29-31-25-11-7-8-12-26(25)32-29/h4-14,16-17,19H,3,15H2,1-2H3,(H,31,32). The number of imidazole rings is 1. The van der Waals surface area contributed by atoms with Crippen LogP contribution in [0.5, 0.6) is 5.75 Å². The van der Waals surface area contributed by atoms with Gasteiger partial charge in [-0.3, -0.25) is 0 Å². The molecule has 0 atom stereocenters. The monoisotopic (exact) mass is 459 g/mol. The Kier molecular flexibility index (Phi) is 6.15. The molecule has 0 spiro atoms. The van der Waals surface area contributed by atoms with Gasteiger partial charge in [0, 0.05) is 17.3 Å². The maximum absolute atomic E-state index is 9.99. The van der Waals surface area contributed by atoms with E-state index >= 15 is 0 Å². The lowest BCUT2D eigenvalue weighted by Crippen LogP contribution is -1.97. The summed E-state index contributed by atoms with van der Waals surface area (Å²) in [5, 5.41) is 14.9. The predicted octanol–water partition coefficient (Wildman–Crippen LogP) is 6.58. The maximum Gasteiger partial charge on any atom is 0.149 e. The smallest absolute Gasteiger partial charge is 0.149 e. The zero-order chi connectivity index (χ0) is 24.2. The van der Waals surface area contributed by atoms with Crippen molar-refractivity contribution in [3.05, 3.63) is 95.9 Å². The Hall–Kier alpha value is -4.63. The van der Waals surface area contributed by atoms with Crippen molar-refractivity contribution in [1.29, 1.82) is 5.26 Å². The fourth-order valence-electron chi connectivity index (χ4n) is 3.99. The molecule has 0 radical (unpaired) electrons. The van der Waals surface area contributed by atoms with Crippen LogP contribution in [0.4, 0.5) is 0 Å². The van der Waals surface area contributed by atoms with Crippen LogP contribution in [0.2, 0.25) is 0 Å². The normalized spacial score (nSPS) is 11.5. The highest BCUT2D eigenvalue weighted by Crippen LogP contribution is 2.31. The minimum atomic E-state index is 0.440. The molecule has 0 aliphatic rings. The van der Waals surface area contributed by atoms with Gasteiger partial charge in [-0.2, -0.15) is 10.4 Å². The molecule has 6 heteroatoms. The van der Waals surface area contributed by atoms with E-state index in [0.717, 1.165) is 51.3 Å². The van der Waals surface area contributed by atoms with Crippen molar-refractivity contribution in [3.8, 4) is 28.8 Å². The van der Waals surface area contributed by atoms with E-state index in [-0.39, 0.29) is 0 Å². The summed E-state index contributed by atoms with van der Waals surface area (Å²) in [5.74, 6) is 1.40. The molecule has 0 fully saturated rings. The number of nitrogens with one attached hydrogen (secondary N) is 1. The highest BCUT2D eigenvalue weighted by Gasteiger charge is 2.15. The number of nitriles is 1. The zero-order valence-electron chi connectivity index (χ0n) is 19.7. The van der Waals surface area contributed by atoms with Crippen LogP contribution < -0.4 is 4.74 Å². The molecule has 0 aliphatic carbocycles. The van der Waals surface area contributed by atoms with E-state index in [1.165, 1.54) is 0 Å². The Bertz CT molecular complexity index is 1520. The van der Waals surface area contributed by atoms with Gasteiger partial charge >= 0.3 is 0 Å². The van der Waals surface area contributed by atoms with Crippen molar-refractivity contribution in [2.45, 2.75) is 20.3 Å². The van der Waals surface area contributed by atoms with Crippen molar-refractivity contribution < 1.29 is 4.74 Å². The molecule has 172 valence electrons. The first kappa shape index (κ1) is 22.2. The molecular weight excluding hydrogens is 434 g/mol. The average Bonchev–Trinajstić information content (AvgIpc) is 3.51. The summed E-state index contributed by atoms with van der Waals surface area (Å²) >= 11 is 0. The average molecular weight is 460 g/mol. The summed E-state index contributed by atoms with van der Waals surface area (Å²) in [4.78, 5) is 7.87. The number of allylic oxidation sites excluding steroid dienone is 1. The Morgan fingerprint density at radius 1 is 1.09 bits per heavy atom. The third-order valence-electron chi connectivity index (χ3n) is 5.74. The highest BCUT2D eigenvalue weighted by atomic mass is 16.5. The number of benzene rings is 3. The molecule has 2 heterocycles. The number of hydrogen-bond acceptors (Lipinski definition) is 4. The summed E-state index contributed by atoms with van der Waals surface area (Å²) in [6.07, 6.45) is 4.74. The molecule has 35 heavy (non-hydrogen) atoms. The van der Waals surface area contributed by atoms with E-state index in [1.54, 1.807) is 0 Å². The summed E-state index contributed by atoms with van der Waals surface area (Å²) in [5.41, 5.74) is 6.69. The second kappa shape index (κ2) is 9.70. The van der Waals surface area contributed by atoms with Crippen LogP contribution in [0.3, 0.4) is 0 Å². The first-order chi connectivity index (χ1) is 17.2. The predicted molar refractivity (Wildman–Crippen MR) is 139 cm³/mol. The van der Waals surface area contributed by atoms with Crippen LogP contribution in [0.15, 0.2) is 79.0 Å². The van der Waals surface area contributed by atoms with Crippen molar-refractivity contribution >= 4 is 22.7 Å². The van der Waals surface area contributed by atoms with Gasteiger partial charge in [-0.25, -0.2) is 9.67 Å². The van der Waals surface area contributed by atoms with Gasteiger partial charge in [-0.05, 0) is 67.4 Å². The highest BCUT2D eigenvalue weighted by molar-refractivity contribution is 5.92. The third-order valence-corrected chi connectivity index (χ3v) is 5.74. The molecule has 0 unspecified atom stereocenters. The zero-order valence-corrected chi connectivity index (χ0v) is 19.7. The third kappa shape index (κ3) is 4.57. The lowest BCUT2D eigenvalue weighted by Gasteiger charge is -2.09. The number of H-pyrrole nitrogens is 1. The lowest BCUT2D eigenvalue weighted by molar-refractivity contribution is 0.315. The Labute approximate surface area is 204 Å². The first-order valence-electron chi connectivity index (χ1n) is 11.6. The molecule has 1 N–H and O–H groups in total. The van der Waals surface area contributed by atoms with Crippen LogP contribution in [-0.4, -0.2) is 26.4 Å². The van der Waals surface area contributed by atoms with Gasteiger partial charge in [0.05, 0.1) is 28.9 Å². The fourth-order valence-corrected chi connectivity index (χ4v) is 3.99. The van der Waals surface area contributed by atoms with Crippen LogP contribution >= 0.6 is 0 Å². The van der Waals surface area contributed by atoms with E-state index in [4.69, 9.17) is 9.84 Å². The molecule has 0 amide bonds. The molecule has 0 bridgehead atoms. The molecule has 2 aromatic heterocycles. The van der Waals surface area contributed by atoms with Gasteiger partial charge in [0.2, 0.25) is 0 Å². The number of aryl methyl sites for hydroxylation is 1. The second-order valence-corrected chi connectivity index (χ2v) is 8.31. The van der Waals surface area contributed by atoms with Gasteiger partial charge in [0.1, 0.15) is 23.3 Å². The van der Waals surface area contributed by atoms with Gasteiger partial charge < -0.3 is 9.72 Å². The lowest BCUT2D eigenvalue weighted by atomic mass is 10.0. The topological polar surface area (TPSA) is 79.5 Å². The van der Waals surface area contributed by atoms with Crippen molar-refractivity contribution in [1.82, 2.24) is 19.7 Å². The number of fused-ring (bicyclic) bond motifs is 1. The minimum Gasteiger partial charge on any atom is -0.493 e. The molecule has 6 nitrogen and oxygen atoms in total. The van der Waals surface area contributed by atoms with Crippen LogP contribution in [-0.2, 0) is 0 Å². The van der Waals surface area contributed by atoms with Crippen LogP contribution in [0.1, 0.15) is 30.3 Å². The first-order valence-corrected chi connectivity index (χ1v) is 11.6. The van der Waals surface area contributed by atoms with Crippen LogP contribution in [0.25, 0.3) is 39.6 Å². The van der Waals surface area contributed by atoms with E-state index in [2.05, 4.69) is 29.0 Å². The Morgan fingerprint density at radius 3 is 2.63 bits per heavy atom. The molecule has 0 aliphatic heterocycles. The molecule has 0 saturated heterocycles. The molecule has 5 aromatic rings. The quantitative estimate of drug-likeness (QED) is 0.279. The van der Waals surface area contributed by atoms with Gasteiger partial charge in [-0.15, -0.1) is 0 Å². The number of aromatic amines is 1. The Balaban J connectivity index is 1.62. The number of aromatic nitrogens is 4. The fraction of sp³-hybridized carbons (Fsp3) is 0.138. The Morgan fingerprint density at radius 2 is 1.89 bits per heavy atom. The summed E-state index contributed by atoms with van der Waals surface area (Å²) in [6, 6.07) is 26.1. The van der Waals surface area contributed by atoms with Crippen molar-refractivity contribution in [3.63, 3.8) is 0 Å². The summed E-state index contributed by atoms with van der Waals surface area (Å²) in [6.45, 7) is 4.81. The number of ether oxygens (including phenoxy) is 1. The minimum absolute atomic E-state index is 0.440. The van der Waals surface area contributed by atoms with Crippen molar-refractivity contribution in [2.75, 3.05) is 6.61 Å². The number of hydrogen-bond donors (Lipinski definition) is 1. The largest absolute Gasteiger partial charge is 0.493 e. The van der Waals surface area contributed by atoms with Crippen LogP contribution in [0, 0.1) is 18.3 Å². The van der Waals surface area contributed by atoms with E-state index in [0.29, 0.717) is 18.0 Å². The van der Waals surface area contributed by atoms with Gasteiger partial charge in [0.15, 0.2) is 0 Å². The molecule has 5 rings (SSSR count). The SMILES string of the molecule is CCCOc1ccc(-c2nn(-c3ccccc3)cc2C=C(C#N)c2nc3ccccc3[nH]2)cc1C. The number of nitrogens with zero attached hydrogens (tertiary/aromatic N) is 4. The molecule has 0 saturated carbocycles. The maximum atomic E-state index is 9.99. The summed E-state index contributed by atoms with van der Waals surface area (Å²) < 4.78 is 7.70. The van der Waals surface area contributed by atoms with E-state index in [9.17, 15) is 5.26 Å².